The SMILES string of the molecule is CCC(CC)C1CC(C)(C)CCC1CN. The second-order valence-corrected chi connectivity index (χ2v) is 6.14. The molecule has 15 heavy (non-hydrogen) atoms. The third-order valence-corrected chi connectivity index (χ3v) is 4.54. The van der Waals surface area contributed by atoms with Crippen LogP contribution in [0.1, 0.15) is 59.8 Å². The lowest BCUT2D eigenvalue weighted by Crippen LogP contribution is -2.37. The lowest BCUT2D eigenvalue weighted by Gasteiger charge is -2.44. The Balaban J connectivity index is 2.70. The van der Waals surface area contributed by atoms with Crippen LogP contribution in [0.2, 0.25) is 0 Å². The number of nitrogens with two attached hydrogens (primary N) is 1. The zero-order chi connectivity index (χ0) is 11.5. The van der Waals surface area contributed by atoms with Gasteiger partial charge < -0.3 is 5.73 Å². The molecule has 0 spiro atoms. The van der Waals surface area contributed by atoms with Gasteiger partial charge in [0.1, 0.15) is 0 Å². The largest absolute Gasteiger partial charge is 0.330 e. The molecule has 1 saturated carbocycles. The molecule has 0 saturated heterocycles. The maximum absolute atomic E-state index is 5.93. The molecule has 0 aromatic rings. The van der Waals surface area contributed by atoms with E-state index in [1.807, 2.05) is 0 Å². The van der Waals surface area contributed by atoms with Crippen LogP contribution < -0.4 is 5.73 Å². The molecule has 0 aliphatic heterocycles. The predicted molar refractivity (Wildman–Crippen MR) is 67.7 cm³/mol. The average Bonchev–Trinajstić information content (AvgIpc) is 2.19. The summed E-state index contributed by atoms with van der Waals surface area (Å²) in [5.41, 5.74) is 6.48. The standard InChI is InChI=1S/C14H29N/c1-5-11(6-2)13-9-14(3,4)8-7-12(13)10-15/h11-13H,5-10,15H2,1-4H3. The van der Waals surface area contributed by atoms with Crippen LogP contribution in [-0.4, -0.2) is 6.54 Å². The normalized spacial score (nSPS) is 30.8. The zero-order valence-electron chi connectivity index (χ0n) is 11.1. The van der Waals surface area contributed by atoms with Crippen molar-refractivity contribution in [2.24, 2.45) is 28.9 Å². The summed E-state index contributed by atoms with van der Waals surface area (Å²) >= 11 is 0. The molecule has 0 bridgehead atoms. The molecular formula is C14H29N. The van der Waals surface area contributed by atoms with Gasteiger partial charge in [-0.15, -0.1) is 0 Å². The minimum absolute atomic E-state index is 0.554. The van der Waals surface area contributed by atoms with E-state index in [0.717, 1.165) is 24.3 Å². The van der Waals surface area contributed by atoms with Gasteiger partial charge in [0.2, 0.25) is 0 Å². The fourth-order valence-electron chi connectivity index (χ4n) is 3.44. The Kier molecular flexibility index (Phi) is 4.64. The molecular weight excluding hydrogens is 182 g/mol. The first-order chi connectivity index (χ1) is 7.04. The monoisotopic (exact) mass is 211 g/mol. The van der Waals surface area contributed by atoms with E-state index in [9.17, 15) is 0 Å². The van der Waals surface area contributed by atoms with E-state index in [1.165, 1.54) is 32.1 Å². The van der Waals surface area contributed by atoms with E-state index in [2.05, 4.69) is 27.7 Å². The van der Waals surface area contributed by atoms with Crippen LogP contribution in [0.15, 0.2) is 0 Å². The first-order valence-corrected chi connectivity index (χ1v) is 6.74. The van der Waals surface area contributed by atoms with Crippen molar-refractivity contribution in [3.05, 3.63) is 0 Å². The highest BCUT2D eigenvalue weighted by molar-refractivity contribution is 4.88. The molecule has 90 valence electrons. The summed E-state index contributed by atoms with van der Waals surface area (Å²) in [6.07, 6.45) is 6.76. The lowest BCUT2D eigenvalue weighted by molar-refractivity contribution is 0.0739. The molecule has 1 heteroatoms. The molecule has 0 heterocycles. The fourth-order valence-corrected chi connectivity index (χ4v) is 3.44. The van der Waals surface area contributed by atoms with Gasteiger partial charge in [0.25, 0.3) is 0 Å². The molecule has 0 radical (unpaired) electrons. The third-order valence-electron chi connectivity index (χ3n) is 4.54. The summed E-state index contributed by atoms with van der Waals surface area (Å²) in [6.45, 7) is 10.4. The minimum atomic E-state index is 0.554. The van der Waals surface area contributed by atoms with E-state index in [0.29, 0.717) is 5.41 Å². The van der Waals surface area contributed by atoms with Crippen molar-refractivity contribution in [1.29, 1.82) is 0 Å². The van der Waals surface area contributed by atoms with Crippen LogP contribution >= 0.6 is 0 Å². The van der Waals surface area contributed by atoms with Crippen LogP contribution in [0.25, 0.3) is 0 Å². The van der Waals surface area contributed by atoms with Crippen molar-refractivity contribution >= 4 is 0 Å². The Morgan fingerprint density at radius 2 is 1.87 bits per heavy atom. The molecule has 2 atom stereocenters. The maximum Gasteiger partial charge on any atom is -0.00461 e. The third kappa shape index (κ3) is 3.21. The summed E-state index contributed by atoms with van der Waals surface area (Å²) in [6, 6.07) is 0. The highest BCUT2D eigenvalue weighted by Gasteiger charge is 2.36. The number of hydrogen-bond acceptors (Lipinski definition) is 1. The van der Waals surface area contributed by atoms with Gasteiger partial charge in [-0.25, -0.2) is 0 Å². The molecule has 0 aromatic carbocycles. The Bertz CT molecular complexity index is 174. The molecule has 0 amide bonds. The second kappa shape index (κ2) is 5.34. The zero-order valence-corrected chi connectivity index (χ0v) is 11.1. The van der Waals surface area contributed by atoms with E-state index < -0.39 is 0 Å². The highest BCUT2D eigenvalue weighted by Crippen LogP contribution is 2.45. The van der Waals surface area contributed by atoms with Gasteiger partial charge in [-0.3, -0.25) is 0 Å². The molecule has 2 unspecified atom stereocenters. The molecule has 1 rings (SSSR count). The predicted octanol–water partition coefficient (Wildman–Crippen LogP) is 3.82. The Morgan fingerprint density at radius 1 is 1.27 bits per heavy atom. The molecule has 2 N–H and O–H groups in total. The molecule has 0 aromatic heterocycles. The quantitative estimate of drug-likeness (QED) is 0.751. The van der Waals surface area contributed by atoms with E-state index in [4.69, 9.17) is 5.73 Å². The molecule has 1 nitrogen and oxygen atoms in total. The number of hydrogen-bond donors (Lipinski definition) is 1. The van der Waals surface area contributed by atoms with Crippen LogP contribution in [0.4, 0.5) is 0 Å². The fraction of sp³-hybridized carbons (Fsp3) is 1.00. The van der Waals surface area contributed by atoms with Gasteiger partial charge in [0.05, 0.1) is 0 Å². The number of rotatable bonds is 4. The average molecular weight is 211 g/mol. The Labute approximate surface area is 95.8 Å². The van der Waals surface area contributed by atoms with Crippen LogP contribution in [0.5, 0.6) is 0 Å². The second-order valence-electron chi connectivity index (χ2n) is 6.14. The van der Waals surface area contributed by atoms with Crippen molar-refractivity contribution < 1.29 is 0 Å². The summed E-state index contributed by atoms with van der Waals surface area (Å²) < 4.78 is 0. The summed E-state index contributed by atoms with van der Waals surface area (Å²) in [4.78, 5) is 0. The van der Waals surface area contributed by atoms with Crippen molar-refractivity contribution in [3.8, 4) is 0 Å². The van der Waals surface area contributed by atoms with E-state index in [1.54, 1.807) is 0 Å². The molecule has 1 fully saturated rings. The van der Waals surface area contributed by atoms with Crippen molar-refractivity contribution in [2.45, 2.75) is 59.8 Å². The van der Waals surface area contributed by atoms with E-state index in [-0.39, 0.29) is 0 Å². The van der Waals surface area contributed by atoms with Gasteiger partial charge in [-0.2, -0.15) is 0 Å². The Hall–Kier alpha value is -0.0400. The van der Waals surface area contributed by atoms with Crippen LogP contribution in [0, 0.1) is 23.2 Å². The first kappa shape index (κ1) is 13.0. The van der Waals surface area contributed by atoms with Gasteiger partial charge in [-0.05, 0) is 49.0 Å². The summed E-state index contributed by atoms with van der Waals surface area (Å²) in [5.74, 6) is 2.58. The van der Waals surface area contributed by atoms with Gasteiger partial charge in [0.15, 0.2) is 0 Å². The summed E-state index contributed by atoms with van der Waals surface area (Å²) in [5, 5.41) is 0. The Morgan fingerprint density at radius 3 is 2.33 bits per heavy atom. The van der Waals surface area contributed by atoms with Crippen molar-refractivity contribution in [1.82, 2.24) is 0 Å². The molecule has 1 aliphatic carbocycles. The van der Waals surface area contributed by atoms with E-state index >= 15 is 0 Å². The minimum Gasteiger partial charge on any atom is -0.330 e. The van der Waals surface area contributed by atoms with Crippen LogP contribution in [-0.2, 0) is 0 Å². The maximum atomic E-state index is 5.93. The first-order valence-electron chi connectivity index (χ1n) is 6.74. The van der Waals surface area contributed by atoms with Crippen LogP contribution in [0.3, 0.4) is 0 Å². The summed E-state index contributed by atoms with van der Waals surface area (Å²) in [7, 11) is 0. The highest BCUT2D eigenvalue weighted by atomic mass is 14.6. The van der Waals surface area contributed by atoms with Gasteiger partial charge >= 0.3 is 0 Å². The molecule has 1 aliphatic rings. The van der Waals surface area contributed by atoms with Gasteiger partial charge in [-0.1, -0.05) is 40.5 Å². The van der Waals surface area contributed by atoms with Crippen molar-refractivity contribution in [3.63, 3.8) is 0 Å². The van der Waals surface area contributed by atoms with Crippen molar-refractivity contribution in [2.75, 3.05) is 6.54 Å². The smallest absolute Gasteiger partial charge is 0.00461 e. The van der Waals surface area contributed by atoms with Gasteiger partial charge in [0, 0.05) is 0 Å². The lowest BCUT2D eigenvalue weighted by atomic mass is 9.62. The topological polar surface area (TPSA) is 26.0 Å².